The van der Waals surface area contributed by atoms with E-state index in [0.29, 0.717) is 18.7 Å². The van der Waals surface area contributed by atoms with Gasteiger partial charge in [-0.15, -0.1) is 12.4 Å². The highest BCUT2D eigenvalue weighted by atomic mass is 35.5. The normalized spacial score (nSPS) is 17.1. The first-order valence-electron chi connectivity index (χ1n) is 8.60. The van der Waals surface area contributed by atoms with E-state index in [4.69, 9.17) is 5.73 Å². The SMILES string of the molecule is CC(=O)c1ccc(S(=O)(=O)N2CCN(C(=O)[C@@H](N)C(C)(C)C)CC2)cc1.Cl. The van der Waals surface area contributed by atoms with E-state index in [1.807, 2.05) is 20.8 Å². The van der Waals surface area contributed by atoms with Crippen LogP contribution in [0.1, 0.15) is 38.1 Å². The number of rotatable bonds is 4. The van der Waals surface area contributed by atoms with Crippen molar-refractivity contribution in [2.75, 3.05) is 26.2 Å². The molecule has 1 amide bonds. The number of nitrogens with two attached hydrogens (primary N) is 1. The maximum absolute atomic E-state index is 12.8. The minimum absolute atomic E-state index is 0. The van der Waals surface area contributed by atoms with Gasteiger partial charge in [0.1, 0.15) is 0 Å². The lowest BCUT2D eigenvalue weighted by Gasteiger charge is -2.37. The van der Waals surface area contributed by atoms with Gasteiger partial charge in [0.2, 0.25) is 15.9 Å². The summed E-state index contributed by atoms with van der Waals surface area (Å²) in [4.78, 5) is 25.6. The molecule has 1 aliphatic heterocycles. The zero-order valence-electron chi connectivity index (χ0n) is 16.1. The summed E-state index contributed by atoms with van der Waals surface area (Å²) in [6.07, 6.45) is 0. The molecule has 1 heterocycles. The molecule has 7 nitrogen and oxygen atoms in total. The number of sulfonamides is 1. The molecule has 0 spiro atoms. The van der Waals surface area contributed by atoms with E-state index in [-0.39, 0.29) is 47.5 Å². The second-order valence-electron chi connectivity index (χ2n) is 7.65. The Hall–Kier alpha value is -1.48. The summed E-state index contributed by atoms with van der Waals surface area (Å²) >= 11 is 0. The van der Waals surface area contributed by atoms with Gasteiger partial charge in [0, 0.05) is 31.7 Å². The first-order valence-corrected chi connectivity index (χ1v) is 10.0. The maximum atomic E-state index is 12.8. The molecule has 0 aliphatic carbocycles. The molecule has 1 atom stereocenters. The van der Waals surface area contributed by atoms with E-state index < -0.39 is 16.1 Å². The monoisotopic (exact) mass is 417 g/mol. The summed E-state index contributed by atoms with van der Waals surface area (Å²) in [7, 11) is -3.65. The Balaban J connectivity index is 0.00000364. The first kappa shape index (κ1) is 23.6. The fourth-order valence-corrected chi connectivity index (χ4v) is 4.15. The van der Waals surface area contributed by atoms with Gasteiger partial charge in [0.15, 0.2) is 5.78 Å². The van der Waals surface area contributed by atoms with Crippen LogP contribution < -0.4 is 5.73 Å². The van der Waals surface area contributed by atoms with Crippen molar-refractivity contribution in [2.24, 2.45) is 11.1 Å². The Morgan fingerprint density at radius 1 is 1.04 bits per heavy atom. The number of ketones is 1. The molecule has 1 aromatic rings. The van der Waals surface area contributed by atoms with Crippen LogP contribution in [0.25, 0.3) is 0 Å². The predicted octanol–water partition coefficient (Wildman–Crippen LogP) is 1.52. The van der Waals surface area contributed by atoms with Gasteiger partial charge in [-0.05, 0) is 24.5 Å². The number of hydrogen-bond donors (Lipinski definition) is 1. The molecule has 9 heteroatoms. The molecule has 1 saturated heterocycles. The first-order chi connectivity index (χ1) is 11.9. The topological polar surface area (TPSA) is 101 Å². The molecule has 0 saturated carbocycles. The van der Waals surface area contributed by atoms with Gasteiger partial charge in [-0.3, -0.25) is 9.59 Å². The lowest BCUT2D eigenvalue weighted by Crippen LogP contribution is -2.56. The molecular formula is C18H28ClN3O4S. The van der Waals surface area contributed by atoms with Crippen molar-refractivity contribution in [3.8, 4) is 0 Å². The van der Waals surface area contributed by atoms with Gasteiger partial charge in [-0.2, -0.15) is 4.31 Å². The number of Topliss-reactive ketones (excluding diaryl/α,β-unsaturated/α-hetero) is 1. The molecular weight excluding hydrogens is 390 g/mol. The quantitative estimate of drug-likeness (QED) is 0.748. The molecule has 0 aromatic heterocycles. The summed E-state index contributed by atoms with van der Waals surface area (Å²) in [5.41, 5.74) is 6.14. The van der Waals surface area contributed by atoms with E-state index in [0.717, 1.165) is 0 Å². The van der Waals surface area contributed by atoms with Crippen molar-refractivity contribution in [1.29, 1.82) is 0 Å². The Labute approximate surface area is 167 Å². The standard InChI is InChI=1S/C18H27N3O4S.ClH/c1-13(22)14-5-7-15(8-6-14)26(24,25)21-11-9-20(10-12-21)17(23)16(19)18(2,3)4;/h5-8,16H,9-12,19H2,1-4H3;1H/t16-;/m1./s1. The number of carbonyl (C=O) groups is 2. The molecule has 1 aromatic carbocycles. The van der Waals surface area contributed by atoms with E-state index in [1.54, 1.807) is 4.90 Å². The summed E-state index contributed by atoms with van der Waals surface area (Å²) in [6.45, 7) is 8.21. The van der Waals surface area contributed by atoms with Gasteiger partial charge in [-0.1, -0.05) is 32.9 Å². The lowest BCUT2D eigenvalue weighted by molar-refractivity contribution is -0.136. The largest absolute Gasteiger partial charge is 0.339 e. The number of hydrogen-bond acceptors (Lipinski definition) is 5. The molecule has 0 unspecified atom stereocenters. The molecule has 0 radical (unpaired) electrons. The molecule has 2 N–H and O–H groups in total. The lowest BCUT2D eigenvalue weighted by atomic mass is 9.86. The second-order valence-corrected chi connectivity index (χ2v) is 9.59. The van der Waals surface area contributed by atoms with Crippen LogP contribution in [0.2, 0.25) is 0 Å². The molecule has 1 aliphatic rings. The van der Waals surface area contributed by atoms with Crippen molar-refractivity contribution in [1.82, 2.24) is 9.21 Å². The van der Waals surface area contributed by atoms with E-state index in [9.17, 15) is 18.0 Å². The average molecular weight is 418 g/mol. The van der Waals surface area contributed by atoms with Crippen LogP contribution in [-0.4, -0.2) is 61.5 Å². The third-order valence-corrected chi connectivity index (χ3v) is 6.56. The number of nitrogens with zero attached hydrogens (tertiary/aromatic N) is 2. The zero-order chi connectivity index (χ0) is 19.7. The fourth-order valence-electron chi connectivity index (χ4n) is 2.73. The van der Waals surface area contributed by atoms with Gasteiger partial charge in [0.25, 0.3) is 0 Å². The number of amides is 1. The Bertz CT molecular complexity index is 780. The number of halogens is 1. The van der Waals surface area contributed by atoms with Gasteiger partial charge < -0.3 is 10.6 Å². The maximum Gasteiger partial charge on any atom is 0.243 e. The Morgan fingerprint density at radius 2 is 1.52 bits per heavy atom. The van der Waals surface area contributed by atoms with Gasteiger partial charge >= 0.3 is 0 Å². The molecule has 152 valence electrons. The van der Waals surface area contributed by atoms with Crippen LogP contribution in [0.15, 0.2) is 29.2 Å². The summed E-state index contributed by atoms with van der Waals surface area (Å²) in [6, 6.07) is 5.29. The van der Waals surface area contributed by atoms with Gasteiger partial charge in [-0.25, -0.2) is 8.42 Å². The minimum atomic E-state index is -3.65. The van der Waals surface area contributed by atoms with Crippen molar-refractivity contribution < 1.29 is 18.0 Å². The highest BCUT2D eigenvalue weighted by Gasteiger charge is 2.35. The van der Waals surface area contributed by atoms with Crippen LogP contribution >= 0.6 is 12.4 Å². The smallest absolute Gasteiger partial charge is 0.243 e. The van der Waals surface area contributed by atoms with Gasteiger partial charge in [0.05, 0.1) is 10.9 Å². The predicted molar refractivity (Wildman–Crippen MR) is 106 cm³/mol. The highest BCUT2D eigenvalue weighted by molar-refractivity contribution is 7.89. The van der Waals surface area contributed by atoms with Crippen molar-refractivity contribution in [3.05, 3.63) is 29.8 Å². The van der Waals surface area contributed by atoms with Crippen LogP contribution in [0, 0.1) is 5.41 Å². The van der Waals surface area contributed by atoms with Crippen LogP contribution in [0.5, 0.6) is 0 Å². The third-order valence-electron chi connectivity index (χ3n) is 4.65. The van der Waals surface area contributed by atoms with E-state index >= 15 is 0 Å². The highest BCUT2D eigenvalue weighted by Crippen LogP contribution is 2.22. The Kier molecular flexibility index (Phi) is 7.58. The molecule has 0 bridgehead atoms. The molecule has 1 fully saturated rings. The van der Waals surface area contributed by atoms with Crippen molar-refractivity contribution in [2.45, 2.75) is 38.6 Å². The molecule has 2 rings (SSSR count). The number of carbonyl (C=O) groups excluding carboxylic acids is 2. The summed E-state index contributed by atoms with van der Waals surface area (Å²) < 4.78 is 26.9. The fraction of sp³-hybridized carbons (Fsp3) is 0.556. The Morgan fingerprint density at radius 3 is 1.93 bits per heavy atom. The summed E-state index contributed by atoms with van der Waals surface area (Å²) in [5, 5.41) is 0. The minimum Gasteiger partial charge on any atom is -0.339 e. The zero-order valence-corrected chi connectivity index (χ0v) is 17.8. The van der Waals surface area contributed by atoms with E-state index in [2.05, 4.69) is 0 Å². The van der Waals surface area contributed by atoms with Crippen molar-refractivity contribution >= 4 is 34.1 Å². The summed E-state index contributed by atoms with van der Waals surface area (Å²) in [5.74, 6) is -0.267. The van der Waals surface area contributed by atoms with Crippen LogP contribution in [0.3, 0.4) is 0 Å². The van der Waals surface area contributed by atoms with Crippen LogP contribution in [0.4, 0.5) is 0 Å². The van der Waals surface area contributed by atoms with Crippen LogP contribution in [-0.2, 0) is 14.8 Å². The van der Waals surface area contributed by atoms with E-state index in [1.165, 1.54) is 35.5 Å². The molecule has 27 heavy (non-hydrogen) atoms. The third kappa shape index (κ3) is 5.28. The second kappa shape index (κ2) is 8.68. The van der Waals surface area contributed by atoms with Crippen molar-refractivity contribution in [3.63, 3.8) is 0 Å². The average Bonchev–Trinajstić information content (AvgIpc) is 2.59. The number of piperazine rings is 1. The number of benzene rings is 1.